The zero-order valence-electron chi connectivity index (χ0n) is 21.1. The number of carbonyl (C=O) groups is 1. The van der Waals surface area contributed by atoms with Crippen LogP contribution in [0.5, 0.6) is 0 Å². The molecular weight excluding hydrogens is 418 g/mol. The first-order chi connectivity index (χ1) is 16.2. The third-order valence-corrected chi connectivity index (χ3v) is 6.94. The molecule has 1 heterocycles. The van der Waals surface area contributed by atoms with Crippen molar-refractivity contribution in [1.82, 2.24) is 14.5 Å². The average molecular weight is 452 g/mol. The fraction of sp³-hybridized carbons (Fsp3) is 0.333. The van der Waals surface area contributed by atoms with Crippen LogP contribution in [0.3, 0.4) is 0 Å². The molecule has 0 atom stereocenters. The van der Waals surface area contributed by atoms with Crippen molar-refractivity contribution in [3.05, 3.63) is 93.3 Å². The van der Waals surface area contributed by atoms with Crippen LogP contribution < -0.4 is 0 Å². The largest absolute Gasteiger partial charge is 0.328 e. The van der Waals surface area contributed by atoms with Gasteiger partial charge >= 0.3 is 0 Å². The van der Waals surface area contributed by atoms with Crippen LogP contribution in [0.25, 0.3) is 16.7 Å². The highest BCUT2D eigenvalue weighted by Crippen LogP contribution is 2.34. The molecule has 0 unspecified atom stereocenters. The second-order valence-corrected chi connectivity index (χ2v) is 10.0. The molecule has 174 valence electrons. The maximum atomic E-state index is 13.9. The monoisotopic (exact) mass is 451 g/mol. The van der Waals surface area contributed by atoms with Gasteiger partial charge in [-0.1, -0.05) is 47.5 Å². The SMILES string of the molecule is Cc1cc(C)c(C(=O)N(Cc2nc3ccccc3n2-c2c(C)cc(C)cc2C)C2CC2)c(C)c1. The van der Waals surface area contributed by atoms with E-state index in [0.29, 0.717) is 6.54 Å². The highest BCUT2D eigenvalue weighted by molar-refractivity contribution is 5.97. The van der Waals surface area contributed by atoms with Crippen molar-refractivity contribution in [3.63, 3.8) is 0 Å². The van der Waals surface area contributed by atoms with E-state index in [2.05, 4.69) is 79.6 Å². The molecule has 1 amide bonds. The minimum absolute atomic E-state index is 0.119. The van der Waals surface area contributed by atoms with Gasteiger partial charge in [0, 0.05) is 11.6 Å². The van der Waals surface area contributed by atoms with Crippen molar-refractivity contribution in [1.29, 1.82) is 0 Å². The van der Waals surface area contributed by atoms with Gasteiger partial charge in [0.1, 0.15) is 5.82 Å². The van der Waals surface area contributed by atoms with E-state index < -0.39 is 0 Å². The third kappa shape index (κ3) is 3.91. The smallest absolute Gasteiger partial charge is 0.255 e. The van der Waals surface area contributed by atoms with Gasteiger partial charge in [-0.2, -0.15) is 0 Å². The molecule has 1 aliphatic rings. The number of rotatable bonds is 5. The van der Waals surface area contributed by atoms with Gasteiger partial charge in [0.15, 0.2) is 0 Å². The molecular formula is C30H33N3O. The van der Waals surface area contributed by atoms with E-state index in [-0.39, 0.29) is 11.9 Å². The van der Waals surface area contributed by atoms with Gasteiger partial charge < -0.3 is 4.90 Å². The maximum Gasteiger partial charge on any atom is 0.255 e. The number of para-hydroxylation sites is 2. The van der Waals surface area contributed by atoms with Crippen molar-refractivity contribution in [2.75, 3.05) is 0 Å². The Kier molecular flexibility index (Phi) is 5.55. The quantitative estimate of drug-likeness (QED) is 0.339. The van der Waals surface area contributed by atoms with Gasteiger partial charge in [0.2, 0.25) is 0 Å². The molecule has 4 nitrogen and oxygen atoms in total. The second-order valence-electron chi connectivity index (χ2n) is 10.0. The van der Waals surface area contributed by atoms with E-state index in [1.165, 1.54) is 27.9 Å². The van der Waals surface area contributed by atoms with Gasteiger partial charge in [-0.15, -0.1) is 0 Å². The minimum atomic E-state index is 0.119. The molecule has 1 fully saturated rings. The highest BCUT2D eigenvalue weighted by atomic mass is 16.2. The van der Waals surface area contributed by atoms with Crippen LogP contribution in [-0.2, 0) is 6.54 Å². The van der Waals surface area contributed by atoms with Crippen molar-refractivity contribution in [3.8, 4) is 5.69 Å². The lowest BCUT2D eigenvalue weighted by Crippen LogP contribution is -2.34. The summed E-state index contributed by atoms with van der Waals surface area (Å²) in [5.41, 5.74) is 11.0. The van der Waals surface area contributed by atoms with E-state index >= 15 is 0 Å². The fourth-order valence-electron chi connectivity index (χ4n) is 5.52. The number of benzene rings is 3. The van der Waals surface area contributed by atoms with Crippen LogP contribution in [0, 0.1) is 41.5 Å². The first-order valence-corrected chi connectivity index (χ1v) is 12.2. The summed E-state index contributed by atoms with van der Waals surface area (Å²) < 4.78 is 2.27. The molecule has 4 aromatic rings. The number of aromatic nitrogens is 2. The highest BCUT2D eigenvalue weighted by Gasteiger charge is 2.35. The van der Waals surface area contributed by atoms with Crippen LogP contribution in [0.15, 0.2) is 48.5 Å². The summed E-state index contributed by atoms with van der Waals surface area (Å²) in [6, 6.07) is 17.2. The van der Waals surface area contributed by atoms with Crippen LogP contribution >= 0.6 is 0 Å². The fourth-order valence-corrected chi connectivity index (χ4v) is 5.52. The molecule has 0 N–H and O–H groups in total. The first kappa shape index (κ1) is 22.4. The van der Waals surface area contributed by atoms with Crippen molar-refractivity contribution >= 4 is 16.9 Å². The van der Waals surface area contributed by atoms with E-state index in [4.69, 9.17) is 4.98 Å². The number of nitrogens with zero attached hydrogens (tertiary/aromatic N) is 3. The Morgan fingerprint density at radius 2 is 1.44 bits per heavy atom. The maximum absolute atomic E-state index is 13.9. The Morgan fingerprint density at radius 3 is 2.03 bits per heavy atom. The summed E-state index contributed by atoms with van der Waals surface area (Å²) in [5.74, 6) is 1.03. The Labute approximate surface area is 202 Å². The van der Waals surface area contributed by atoms with Gasteiger partial charge in [-0.05, 0) is 88.8 Å². The number of fused-ring (bicyclic) bond motifs is 1. The van der Waals surface area contributed by atoms with Gasteiger partial charge in [0.25, 0.3) is 5.91 Å². The first-order valence-electron chi connectivity index (χ1n) is 12.2. The summed E-state index contributed by atoms with van der Waals surface area (Å²) in [6.45, 7) is 13.1. The second kappa shape index (κ2) is 8.43. The van der Waals surface area contributed by atoms with E-state index in [1.807, 2.05) is 19.9 Å². The summed E-state index contributed by atoms with van der Waals surface area (Å²) in [6.07, 6.45) is 2.11. The van der Waals surface area contributed by atoms with Crippen LogP contribution in [-0.4, -0.2) is 26.4 Å². The zero-order chi connectivity index (χ0) is 24.1. The molecule has 1 aliphatic carbocycles. The van der Waals surface area contributed by atoms with Crippen LogP contribution in [0.2, 0.25) is 0 Å². The predicted molar refractivity (Wildman–Crippen MR) is 139 cm³/mol. The van der Waals surface area contributed by atoms with Crippen molar-refractivity contribution in [2.45, 2.75) is 67.0 Å². The molecule has 0 aliphatic heterocycles. The molecule has 0 saturated heterocycles. The van der Waals surface area contributed by atoms with Crippen molar-refractivity contribution in [2.24, 2.45) is 0 Å². The van der Waals surface area contributed by atoms with Crippen LogP contribution in [0.4, 0.5) is 0 Å². The number of aryl methyl sites for hydroxylation is 6. The van der Waals surface area contributed by atoms with E-state index in [0.717, 1.165) is 46.4 Å². The molecule has 1 saturated carbocycles. The Morgan fingerprint density at radius 1 is 0.882 bits per heavy atom. The molecule has 34 heavy (non-hydrogen) atoms. The molecule has 5 rings (SSSR count). The van der Waals surface area contributed by atoms with Crippen LogP contribution in [0.1, 0.15) is 62.4 Å². The zero-order valence-corrected chi connectivity index (χ0v) is 21.1. The summed E-state index contributed by atoms with van der Waals surface area (Å²) in [4.78, 5) is 21.0. The lowest BCUT2D eigenvalue weighted by atomic mass is 9.98. The van der Waals surface area contributed by atoms with Gasteiger partial charge in [-0.25, -0.2) is 4.98 Å². The normalized spacial score (nSPS) is 13.5. The Hall–Kier alpha value is -3.40. The molecule has 0 spiro atoms. The summed E-state index contributed by atoms with van der Waals surface area (Å²) in [7, 11) is 0. The lowest BCUT2D eigenvalue weighted by Gasteiger charge is -2.25. The third-order valence-electron chi connectivity index (χ3n) is 6.94. The lowest BCUT2D eigenvalue weighted by molar-refractivity contribution is 0.0723. The predicted octanol–water partition coefficient (Wildman–Crippen LogP) is 6.68. The minimum Gasteiger partial charge on any atom is -0.328 e. The average Bonchev–Trinajstić information content (AvgIpc) is 3.53. The summed E-state index contributed by atoms with van der Waals surface area (Å²) >= 11 is 0. The van der Waals surface area contributed by atoms with Crippen molar-refractivity contribution < 1.29 is 4.79 Å². The Balaban J connectivity index is 1.64. The number of imidazole rings is 1. The molecule has 4 heteroatoms. The molecule has 1 aromatic heterocycles. The standard InChI is InChI=1S/C30H33N3O/c1-18-13-20(3)28(21(4)14-18)30(34)32(24-11-12-24)17-27-31-25-9-7-8-10-26(25)33(27)29-22(5)15-19(2)16-23(29)6/h7-10,13-16,24H,11-12,17H2,1-6H3. The summed E-state index contributed by atoms with van der Waals surface area (Å²) in [5, 5.41) is 0. The van der Waals surface area contributed by atoms with Gasteiger partial charge in [-0.3, -0.25) is 9.36 Å². The molecule has 0 radical (unpaired) electrons. The topological polar surface area (TPSA) is 38.1 Å². The number of amides is 1. The van der Waals surface area contributed by atoms with Gasteiger partial charge in [0.05, 0.1) is 23.3 Å². The number of hydrogen-bond acceptors (Lipinski definition) is 2. The Bertz CT molecular complexity index is 1380. The molecule has 3 aromatic carbocycles. The molecule has 0 bridgehead atoms. The number of carbonyl (C=O) groups excluding carboxylic acids is 1. The number of hydrogen-bond donors (Lipinski definition) is 0. The van der Waals surface area contributed by atoms with E-state index in [9.17, 15) is 4.79 Å². The van der Waals surface area contributed by atoms with E-state index in [1.54, 1.807) is 0 Å².